The highest BCUT2D eigenvalue weighted by Gasteiger charge is 2.03. The Hall–Kier alpha value is -1.04. The van der Waals surface area contributed by atoms with Gasteiger partial charge in [0.2, 0.25) is 0 Å². The third kappa shape index (κ3) is 5.34. The van der Waals surface area contributed by atoms with Crippen molar-refractivity contribution < 1.29 is 9.47 Å². The van der Waals surface area contributed by atoms with Crippen molar-refractivity contribution in [1.29, 1.82) is 0 Å². The van der Waals surface area contributed by atoms with E-state index in [0.29, 0.717) is 19.8 Å². The number of nitrogens with two attached hydrogens (primary N) is 1. The second-order valence-corrected chi connectivity index (χ2v) is 6.22. The standard InChI is InChI=1S/C16H17Br2NO2/c17-13-2-4-14(5-3-13)20-9-10-21-16-6-1-12(7-8-19)11-15(16)18/h1-6,11H,7-10,19H2. The molecule has 2 N–H and O–H groups in total. The molecule has 0 bridgehead atoms. The second-order valence-electron chi connectivity index (χ2n) is 4.45. The number of halogens is 2. The van der Waals surface area contributed by atoms with Crippen LogP contribution in [-0.2, 0) is 6.42 Å². The van der Waals surface area contributed by atoms with E-state index in [9.17, 15) is 0 Å². The van der Waals surface area contributed by atoms with Gasteiger partial charge >= 0.3 is 0 Å². The lowest BCUT2D eigenvalue weighted by Gasteiger charge is -2.10. The quantitative estimate of drug-likeness (QED) is 0.691. The van der Waals surface area contributed by atoms with Gasteiger partial charge in [0.05, 0.1) is 4.47 Å². The summed E-state index contributed by atoms with van der Waals surface area (Å²) < 4.78 is 13.3. The monoisotopic (exact) mass is 413 g/mol. The van der Waals surface area contributed by atoms with Crippen molar-refractivity contribution >= 4 is 31.9 Å². The van der Waals surface area contributed by atoms with Gasteiger partial charge in [-0.05, 0) is 70.9 Å². The maximum atomic E-state index is 5.70. The van der Waals surface area contributed by atoms with Gasteiger partial charge in [0.15, 0.2) is 0 Å². The summed E-state index contributed by atoms with van der Waals surface area (Å²) in [7, 11) is 0. The molecule has 2 aromatic carbocycles. The van der Waals surface area contributed by atoms with Crippen LogP contribution < -0.4 is 15.2 Å². The van der Waals surface area contributed by atoms with E-state index in [-0.39, 0.29) is 0 Å². The molecule has 0 saturated heterocycles. The predicted octanol–water partition coefficient (Wildman–Crippen LogP) is 4.17. The Labute approximate surface area is 141 Å². The first-order valence-electron chi connectivity index (χ1n) is 6.68. The van der Waals surface area contributed by atoms with Gasteiger partial charge in [-0.25, -0.2) is 0 Å². The Balaban J connectivity index is 1.79. The third-order valence-corrected chi connectivity index (χ3v) is 4.00. The molecule has 21 heavy (non-hydrogen) atoms. The summed E-state index contributed by atoms with van der Waals surface area (Å²) in [4.78, 5) is 0. The van der Waals surface area contributed by atoms with E-state index in [1.807, 2.05) is 42.5 Å². The molecule has 0 heterocycles. The Kier molecular flexibility index (Phi) is 6.54. The number of ether oxygens (including phenoxy) is 2. The van der Waals surface area contributed by atoms with Crippen LogP contribution in [-0.4, -0.2) is 19.8 Å². The van der Waals surface area contributed by atoms with Crippen molar-refractivity contribution in [2.45, 2.75) is 6.42 Å². The van der Waals surface area contributed by atoms with Crippen molar-refractivity contribution in [3.05, 3.63) is 57.0 Å². The predicted molar refractivity (Wildman–Crippen MR) is 92.0 cm³/mol. The van der Waals surface area contributed by atoms with Crippen LogP contribution in [0.2, 0.25) is 0 Å². The molecule has 2 rings (SSSR count). The summed E-state index contributed by atoms with van der Waals surface area (Å²) in [5.41, 5.74) is 6.74. The maximum absolute atomic E-state index is 5.70. The van der Waals surface area contributed by atoms with E-state index < -0.39 is 0 Å². The Morgan fingerprint density at radius 2 is 1.62 bits per heavy atom. The molecule has 0 aliphatic heterocycles. The topological polar surface area (TPSA) is 44.5 Å². The van der Waals surface area contributed by atoms with Crippen molar-refractivity contribution in [3.8, 4) is 11.5 Å². The maximum Gasteiger partial charge on any atom is 0.133 e. The first-order chi connectivity index (χ1) is 10.2. The average Bonchev–Trinajstić information content (AvgIpc) is 2.47. The zero-order chi connectivity index (χ0) is 15.1. The van der Waals surface area contributed by atoms with Crippen LogP contribution in [0.15, 0.2) is 51.4 Å². The highest BCUT2D eigenvalue weighted by molar-refractivity contribution is 9.10. The summed E-state index contributed by atoms with van der Waals surface area (Å²) in [5.74, 6) is 1.65. The lowest BCUT2D eigenvalue weighted by molar-refractivity contribution is 0.216. The fourth-order valence-corrected chi connectivity index (χ4v) is 2.63. The largest absolute Gasteiger partial charge is 0.490 e. The number of hydrogen-bond donors (Lipinski definition) is 1. The highest BCUT2D eigenvalue weighted by atomic mass is 79.9. The van der Waals surface area contributed by atoms with Crippen molar-refractivity contribution in [3.63, 3.8) is 0 Å². The minimum Gasteiger partial charge on any atom is -0.490 e. The summed E-state index contributed by atoms with van der Waals surface area (Å²) in [5, 5.41) is 0. The first-order valence-corrected chi connectivity index (χ1v) is 8.27. The van der Waals surface area contributed by atoms with E-state index in [1.54, 1.807) is 0 Å². The molecule has 0 aliphatic carbocycles. The molecule has 3 nitrogen and oxygen atoms in total. The van der Waals surface area contributed by atoms with Gasteiger partial charge in [-0.1, -0.05) is 22.0 Å². The van der Waals surface area contributed by atoms with Gasteiger partial charge in [0.1, 0.15) is 24.7 Å². The first kappa shape index (κ1) is 16.3. The molecule has 0 radical (unpaired) electrons. The highest BCUT2D eigenvalue weighted by Crippen LogP contribution is 2.26. The van der Waals surface area contributed by atoms with Crippen LogP contribution in [0.4, 0.5) is 0 Å². The van der Waals surface area contributed by atoms with Gasteiger partial charge in [-0.15, -0.1) is 0 Å². The van der Waals surface area contributed by atoms with E-state index >= 15 is 0 Å². The van der Waals surface area contributed by atoms with Crippen LogP contribution >= 0.6 is 31.9 Å². The van der Waals surface area contributed by atoms with E-state index in [4.69, 9.17) is 15.2 Å². The van der Waals surface area contributed by atoms with Crippen LogP contribution in [0, 0.1) is 0 Å². The molecule has 0 amide bonds. The molecular formula is C16H17Br2NO2. The normalized spacial score (nSPS) is 10.4. The van der Waals surface area contributed by atoms with Gasteiger partial charge < -0.3 is 15.2 Å². The minimum absolute atomic E-state index is 0.491. The zero-order valence-corrected chi connectivity index (χ0v) is 14.7. The summed E-state index contributed by atoms with van der Waals surface area (Å²) >= 11 is 6.90. The number of hydrogen-bond acceptors (Lipinski definition) is 3. The van der Waals surface area contributed by atoms with Gasteiger partial charge in [-0.2, -0.15) is 0 Å². The molecule has 2 aromatic rings. The van der Waals surface area contributed by atoms with E-state index in [2.05, 4.69) is 31.9 Å². The fraction of sp³-hybridized carbons (Fsp3) is 0.250. The molecule has 0 atom stereocenters. The van der Waals surface area contributed by atoms with Gasteiger partial charge in [0, 0.05) is 4.47 Å². The molecule has 0 fully saturated rings. The molecule has 112 valence electrons. The molecule has 0 saturated carbocycles. The van der Waals surface area contributed by atoms with Crippen molar-refractivity contribution in [1.82, 2.24) is 0 Å². The molecule has 0 spiro atoms. The zero-order valence-electron chi connectivity index (χ0n) is 11.5. The van der Waals surface area contributed by atoms with E-state index in [1.165, 1.54) is 5.56 Å². The minimum atomic E-state index is 0.491. The SMILES string of the molecule is NCCc1ccc(OCCOc2ccc(Br)cc2)c(Br)c1. The number of rotatable bonds is 7. The van der Waals surface area contributed by atoms with Crippen molar-refractivity contribution in [2.24, 2.45) is 5.73 Å². The summed E-state index contributed by atoms with van der Waals surface area (Å²) in [6.07, 6.45) is 0.867. The molecule has 0 aliphatic rings. The second kappa shape index (κ2) is 8.41. The lowest BCUT2D eigenvalue weighted by atomic mass is 10.1. The lowest BCUT2D eigenvalue weighted by Crippen LogP contribution is -2.09. The average molecular weight is 415 g/mol. The summed E-state index contributed by atoms with van der Waals surface area (Å²) in [6, 6.07) is 13.8. The van der Waals surface area contributed by atoms with Gasteiger partial charge in [0.25, 0.3) is 0 Å². The molecule has 5 heteroatoms. The van der Waals surface area contributed by atoms with Crippen molar-refractivity contribution in [2.75, 3.05) is 19.8 Å². The molecule has 0 unspecified atom stereocenters. The number of benzene rings is 2. The Bertz CT molecular complexity index is 573. The molecular weight excluding hydrogens is 398 g/mol. The molecule has 0 aromatic heterocycles. The summed E-state index contributed by atoms with van der Waals surface area (Å²) in [6.45, 7) is 1.64. The Morgan fingerprint density at radius 3 is 2.29 bits per heavy atom. The third-order valence-electron chi connectivity index (χ3n) is 2.85. The fourth-order valence-electron chi connectivity index (χ4n) is 1.83. The van der Waals surface area contributed by atoms with Crippen LogP contribution in [0.25, 0.3) is 0 Å². The van der Waals surface area contributed by atoms with Crippen LogP contribution in [0.5, 0.6) is 11.5 Å². The Morgan fingerprint density at radius 1 is 0.905 bits per heavy atom. The van der Waals surface area contributed by atoms with Gasteiger partial charge in [-0.3, -0.25) is 0 Å². The van der Waals surface area contributed by atoms with Crippen LogP contribution in [0.1, 0.15) is 5.56 Å². The van der Waals surface area contributed by atoms with Crippen LogP contribution in [0.3, 0.4) is 0 Å². The van der Waals surface area contributed by atoms with E-state index in [0.717, 1.165) is 26.9 Å². The smallest absolute Gasteiger partial charge is 0.133 e.